The Morgan fingerprint density at radius 3 is 2.67 bits per heavy atom. The van der Waals surface area contributed by atoms with E-state index < -0.39 is 34.2 Å². The molecule has 0 saturated carbocycles. The van der Waals surface area contributed by atoms with Crippen molar-refractivity contribution in [1.29, 1.82) is 0 Å². The van der Waals surface area contributed by atoms with Crippen LogP contribution in [0.1, 0.15) is 28.3 Å². The molecule has 0 radical (unpaired) electrons. The van der Waals surface area contributed by atoms with E-state index in [0.717, 1.165) is 24.3 Å². The molecule has 1 aromatic carbocycles. The molecule has 33 heavy (non-hydrogen) atoms. The highest BCUT2D eigenvalue weighted by Gasteiger charge is 2.34. The standard InChI is InChI=1S/C19H18F4N6O4/c1-12-9-17(19(21,22)23)26-28(12)7-2-6-24-18(30)14-5-8-27(25-14)11-33-16-10-13(20)3-4-15(16)29(31)32/h3-5,8-10H,2,6-7,11H2,1H3,(H,24,30). The summed E-state index contributed by atoms with van der Waals surface area (Å²) < 4.78 is 59.1. The van der Waals surface area contributed by atoms with Crippen LogP contribution in [0.2, 0.25) is 0 Å². The molecule has 3 rings (SSSR count). The Labute approximate surface area is 183 Å². The zero-order valence-corrected chi connectivity index (χ0v) is 17.2. The van der Waals surface area contributed by atoms with E-state index in [0.29, 0.717) is 12.1 Å². The fraction of sp³-hybridized carbons (Fsp3) is 0.316. The maximum atomic E-state index is 13.3. The highest BCUT2D eigenvalue weighted by Crippen LogP contribution is 2.29. The maximum absolute atomic E-state index is 13.3. The molecule has 0 aliphatic heterocycles. The molecular weight excluding hydrogens is 452 g/mol. The zero-order chi connectivity index (χ0) is 24.2. The number of rotatable bonds is 9. The number of halogens is 4. The summed E-state index contributed by atoms with van der Waals surface area (Å²) in [6, 6.07) is 5.11. The van der Waals surface area contributed by atoms with E-state index in [1.165, 1.54) is 28.6 Å². The minimum atomic E-state index is -4.52. The molecule has 0 fully saturated rings. The van der Waals surface area contributed by atoms with E-state index >= 15 is 0 Å². The molecule has 3 aromatic rings. The number of hydrogen-bond donors (Lipinski definition) is 1. The molecule has 10 nitrogen and oxygen atoms in total. The summed E-state index contributed by atoms with van der Waals surface area (Å²) in [4.78, 5) is 22.5. The van der Waals surface area contributed by atoms with Crippen LogP contribution >= 0.6 is 0 Å². The molecule has 0 spiro atoms. The highest BCUT2D eigenvalue weighted by atomic mass is 19.4. The summed E-state index contributed by atoms with van der Waals surface area (Å²) >= 11 is 0. The van der Waals surface area contributed by atoms with Crippen LogP contribution in [0.15, 0.2) is 36.5 Å². The highest BCUT2D eigenvalue weighted by molar-refractivity contribution is 5.92. The van der Waals surface area contributed by atoms with E-state index in [9.17, 15) is 32.5 Å². The lowest BCUT2D eigenvalue weighted by Crippen LogP contribution is -2.26. The van der Waals surface area contributed by atoms with Crippen LogP contribution in [-0.2, 0) is 19.5 Å². The first-order valence-corrected chi connectivity index (χ1v) is 9.54. The molecule has 176 valence electrons. The van der Waals surface area contributed by atoms with E-state index in [1.807, 2.05) is 0 Å². The first-order valence-electron chi connectivity index (χ1n) is 9.54. The normalized spacial score (nSPS) is 11.4. The van der Waals surface area contributed by atoms with Gasteiger partial charge in [0.15, 0.2) is 12.4 Å². The number of hydrogen-bond acceptors (Lipinski definition) is 6. The lowest BCUT2D eigenvalue weighted by Gasteiger charge is -2.07. The number of nitro groups is 1. The van der Waals surface area contributed by atoms with E-state index in [4.69, 9.17) is 4.74 Å². The van der Waals surface area contributed by atoms with Gasteiger partial charge in [-0.25, -0.2) is 9.07 Å². The van der Waals surface area contributed by atoms with Gasteiger partial charge in [0, 0.05) is 37.1 Å². The molecule has 0 aliphatic carbocycles. The summed E-state index contributed by atoms with van der Waals surface area (Å²) in [7, 11) is 0. The van der Waals surface area contributed by atoms with Crippen LogP contribution in [-0.4, -0.2) is 36.9 Å². The van der Waals surface area contributed by atoms with Crippen LogP contribution in [0, 0.1) is 22.9 Å². The van der Waals surface area contributed by atoms with Gasteiger partial charge in [-0.3, -0.25) is 19.6 Å². The molecule has 14 heteroatoms. The van der Waals surface area contributed by atoms with Crippen molar-refractivity contribution in [3.05, 3.63) is 69.5 Å². The topological polar surface area (TPSA) is 117 Å². The molecule has 2 aromatic heterocycles. The van der Waals surface area contributed by atoms with Crippen LogP contribution < -0.4 is 10.1 Å². The number of nitrogens with zero attached hydrogens (tertiary/aromatic N) is 5. The van der Waals surface area contributed by atoms with Crippen molar-refractivity contribution in [2.75, 3.05) is 6.54 Å². The first kappa shape index (κ1) is 23.7. The van der Waals surface area contributed by atoms with Gasteiger partial charge < -0.3 is 10.1 Å². The van der Waals surface area contributed by atoms with E-state index in [2.05, 4.69) is 15.5 Å². The van der Waals surface area contributed by atoms with Crippen molar-refractivity contribution in [2.45, 2.75) is 32.8 Å². The van der Waals surface area contributed by atoms with Crippen LogP contribution in [0.25, 0.3) is 0 Å². The van der Waals surface area contributed by atoms with Crippen LogP contribution in [0.4, 0.5) is 23.2 Å². The average Bonchev–Trinajstić information content (AvgIpc) is 3.36. The predicted octanol–water partition coefficient (Wildman–Crippen LogP) is 3.31. The number of nitrogens with one attached hydrogen (secondary N) is 1. The molecule has 0 unspecified atom stereocenters. The van der Waals surface area contributed by atoms with Crippen molar-refractivity contribution >= 4 is 11.6 Å². The molecular formula is C19H18F4N6O4. The Balaban J connectivity index is 1.49. The largest absolute Gasteiger partial charge is 0.464 e. The second kappa shape index (κ2) is 9.67. The Bertz CT molecular complexity index is 1160. The first-order chi connectivity index (χ1) is 15.5. The SMILES string of the molecule is Cc1cc(C(F)(F)F)nn1CCCNC(=O)c1ccn(COc2cc(F)ccc2[N+](=O)[O-])n1. The van der Waals surface area contributed by atoms with Crippen LogP contribution in [0.5, 0.6) is 5.75 Å². The molecule has 0 aliphatic rings. The maximum Gasteiger partial charge on any atom is 0.435 e. The fourth-order valence-electron chi connectivity index (χ4n) is 2.84. The third-order valence-corrected chi connectivity index (χ3v) is 4.45. The average molecular weight is 470 g/mol. The lowest BCUT2D eigenvalue weighted by molar-refractivity contribution is -0.386. The summed E-state index contributed by atoms with van der Waals surface area (Å²) in [5.41, 5.74) is -1.01. The zero-order valence-electron chi connectivity index (χ0n) is 17.2. The van der Waals surface area contributed by atoms with Gasteiger partial charge in [0.25, 0.3) is 5.91 Å². The quantitative estimate of drug-likeness (QED) is 0.222. The Morgan fingerprint density at radius 1 is 1.24 bits per heavy atom. The second-order valence-electron chi connectivity index (χ2n) is 6.88. The summed E-state index contributed by atoms with van der Waals surface area (Å²) in [6.07, 6.45) is -2.79. The number of alkyl halides is 3. The summed E-state index contributed by atoms with van der Waals surface area (Å²) in [5.74, 6) is -1.53. The molecule has 1 amide bonds. The molecule has 0 saturated heterocycles. The van der Waals surface area contributed by atoms with E-state index in [-0.39, 0.29) is 31.3 Å². The van der Waals surface area contributed by atoms with Gasteiger partial charge in [-0.05, 0) is 31.5 Å². The summed E-state index contributed by atoms with van der Waals surface area (Å²) in [5, 5.41) is 21.1. The van der Waals surface area contributed by atoms with Crippen LogP contribution in [0.3, 0.4) is 0 Å². The number of ether oxygens (including phenoxy) is 1. The molecule has 1 N–H and O–H groups in total. The Morgan fingerprint density at radius 2 is 2.00 bits per heavy atom. The van der Waals surface area contributed by atoms with Crippen molar-refractivity contribution in [3.63, 3.8) is 0 Å². The number of carbonyl (C=O) groups is 1. The number of aromatic nitrogens is 4. The van der Waals surface area contributed by atoms with Crippen molar-refractivity contribution < 1.29 is 32.0 Å². The van der Waals surface area contributed by atoms with Gasteiger partial charge in [0.2, 0.25) is 5.75 Å². The number of nitro benzene ring substituents is 1. The fourth-order valence-corrected chi connectivity index (χ4v) is 2.84. The number of aryl methyl sites for hydroxylation is 2. The van der Waals surface area contributed by atoms with Crippen molar-refractivity contribution in [3.8, 4) is 5.75 Å². The van der Waals surface area contributed by atoms with Gasteiger partial charge in [-0.15, -0.1) is 0 Å². The smallest absolute Gasteiger partial charge is 0.435 e. The predicted molar refractivity (Wildman–Crippen MR) is 105 cm³/mol. The number of benzene rings is 1. The third kappa shape index (κ3) is 6.05. The van der Waals surface area contributed by atoms with Gasteiger partial charge in [0.05, 0.1) is 4.92 Å². The summed E-state index contributed by atoms with van der Waals surface area (Å²) in [6.45, 7) is 1.54. The Kier molecular flexibility index (Phi) is 6.94. The van der Waals surface area contributed by atoms with E-state index in [1.54, 1.807) is 0 Å². The number of carbonyl (C=O) groups excluding carboxylic acids is 1. The van der Waals surface area contributed by atoms with Gasteiger partial charge in [0.1, 0.15) is 11.5 Å². The third-order valence-electron chi connectivity index (χ3n) is 4.45. The molecule has 0 bridgehead atoms. The van der Waals surface area contributed by atoms with Gasteiger partial charge in [-0.2, -0.15) is 23.4 Å². The monoisotopic (exact) mass is 470 g/mol. The molecule has 2 heterocycles. The minimum absolute atomic E-state index is 0.0296. The minimum Gasteiger partial charge on any atom is -0.464 e. The van der Waals surface area contributed by atoms with Crippen molar-refractivity contribution in [2.24, 2.45) is 0 Å². The lowest BCUT2D eigenvalue weighted by atomic mass is 10.3. The van der Waals surface area contributed by atoms with Crippen molar-refractivity contribution in [1.82, 2.24) is 24.9 Å². The number of amides is 1. The Hall–Kier alpha value is -3.97. The van der Waals surface area contributed by atoms with Gasteiger partial charge in [-0.1, -0.05) is 0 Å². The second-order valence-corrected chi connectivity index (χ2v) is 6.88. The molecule has 0 atom stereocenters. The van der Waals surface area contributed by atoms with Gasteiger partial charge >= 0.3 is 11.9 Å².